The molecule has 0 spiro atoms. The molecular weight excluding hydrogens is 484 g/mol. The van der Waals surface area contributed by atoms with Crippen molar-refractivity contribution in [2.45, 2.75) is 13.3 Å². The molecule has 0 atom stereocenters. The van der Waals surface area contributed by atoms with Gasteiger partial charge in [0.15, 0.2) is 5.96 Å². The van der Waals surface area contributed by atoms with Crippen LogP contribution in [-0.2, 0) is 11.2 Å². The summed E-state index contributed by atoms with van der Waals surface area (Å²) in [5.41, 5.74) is 2.68. The van der Waals surface area contributed by atoms with Gasteiger partial charge in [0.1, 0.15) is 12.4 Å². The number of H-pyrrole nitrogens is 1. The fourth-order valence-corrected chi connectivity index (χ4v) is 2.89. The lowest BCUT2D eigenvalue weighted by Crippen LogP contribution is -2.39. The van der Waals surface area contributed by atoms with Crippen LogP contribution in [0.5, 0.6) is 0 Å². The van der Waals surface area contributed by atoms with E-state index in [2.05, 4.69) is 25.9 Å². The first kappa shape index (κ1) is 22.7. The highest BCUT2D eigenvalue weighted by atomic mass is 127. The highest BCUT2D eigenvalue weighted by Crippen LogP contribution is 2.19. The molecule has 0 fully saturated rings. The van der Waals surface area contributed by atoms with E-state index in [0.29, 0.717) is 25.5 Å². The van der Waals surface area contributed by atoms with Crippen molar-refractivity contribution >= 4 is 52.4 Å². The minimum atomic E-state index is -0.249. The van der Waals surface area contributed by atoms with E-state index in [1.807, 2.05) is 43.5 Å². The Kier molecular flexibility index (Phi) is 8.91. The highest BCUT2D eigenvalue weighted by Gasteiger charge is 2.06. The summed E-state index contributed by atoms with van der Waals surface area (Å²) in [5, 5.41) is 10.0. The molecule has 0 unspecified atom stereocenters. The zero-order valence-electron chi connectivity index (χ0n) is 16.2. The maximum absolute atomic E-state index is 13.5. The zero-order chi connectivity index (χ0) is 19.8. The Morgan fingerprint density at radius 1 is 1.14 bits per heavy atom. The van der Waals surface area contributed by atoms with Crippen LogP contribution in [0.2, 0.25) is 0 Å². The summed E-state index contributed by atoms with van der Waals surface area (Å²) >= 11 is 0. The number of nitrogens with zero attached hydrogens (tertiary/aromatic N) is 1. The second kappa shape index (κ2) is 11.4. The largest absolute Gasteiger partial charge is 0.361 e. The van der Waals surface area contributed by atoms with Gasteiger partial charge in [0.25, 0.3) is 0 Å². The fourth-order valence-electron chi connectivity index (χ4n) is 2.89. The fraction of sp³-hybridized carbons (Fsp3) is 0.238. The standard InChI is InChI=1S/C21H24FN5O.HI/c1-2-23-21(26-14-20(28)27-17-6-4-3-5-7-17)24-11-10-15-13-25-19-9-8-16(22)12-18(15)19;/h3-9,12-13,25H,2,10-11,14H2,1H3,(H,27,28)(H2,23,24,26);1H. The normalized spacial score (nSPS) is 11.0. The molecule has 3 rings (SSSR count). The van der Waals surface area contributed by atoms with Crippen molar-refractivity contribution in [3.8, 4) is 0 Å². The number of aromatic amines is 1. The van der Waals surface area contributed by atoms with E-state index in [9.17, 15) is 9.18 Å². The second-order valence-electron chi connectivity index (χ2n) is 6.29. The Balaban J connectivity index is 0.00000300. The van der Waals surface area contributed by atoms with E-state index < -0.39 is 0 Å². The first-order valence-corrected chi connectivity index (χ1v) is 9.28. The number of anilines is 1. The first-order valence-electron chi connectivity index (χ1n) is 9.28. The summed E-state index contributed by atoms with van der Waals surface area (Å²) in [4.78, 5) is 19.5. The van der Waals surface area contributed by atoms with Crippen molar-refractivity contribution in [3.63, 3.8) is 0 Å². The lowest BCUT2D eigenvalue weighted by Gasteiger charge is -2.11. The predicted molar refractivity (Wildman–Crippen MR) is 126 cm³/mol. The van der Waals surface area contributed by atoms with Gasteiger partial charge < -0.3 is 20.9 Å². The third-order valence-electron chi connectivity index (χ3n) is 4.20. The highest BCUT2D eigenvalue weighted by molar-refractivity contribution is 14.0. The summed E-state index contributed by atoms with van der Waals surface area (Å²) in [7, 11) is 0. The van der Waals surface area contributed by atoms with Crippen LogP contribution in [0.4, 0.5) is 10.1 Å². The third kappa shape index (κ3) is 6.74. The van der Waals surface area contributed by atoms with Crippen LogP contribution in [0.3, 0.4) is 0 Å². The number of hydrogen-bond acceptors (Lipinski definition) is 2. The SMILES string of the molecule is CCNC(=NCC(=O)Nc1ccccc1)NCCc1c[nH]c2ccc(F)cc12.I. The molecular formula is C21H25FIN5O. The van der Waals surface area contributed by atoms with Gasteiger partial charge in [-0.2, -0.15) is 0 Å². The molecule has 0 radical (unpaired) electrons. The molecule has 0 bridgehead atoms. The Labute approximate surface area is 186 Å². The number of aromatic nitrogens is 1. The van der Waals surface area contributed by atoms with Crippen LogP contribution in [0, 0.1) is 5.82 Å². The number of aliphatic imine (C=N–C) groups is 1. The molecule has 29 heavy (non-hydrogen) atoms. The van der Waals surface area contributed by atoms with Gasteiger partial charge in [-0.05, 0) is 49.2 Å². The summed E-state index contributed by atoms with van der Waals surface area (Å²) in [6.07, 6.45) is 2.59. The molecule has 2 aromatic carbocycles. The second-order valence-corrected chi connectivity index (χ2v) is 6.29. The van der Waals surface area contributed by atoms with Crippen molar-refractivity contribution in [2.75, 3.05) is 25.0 Å². The number of para-hydroxylation sites is 1. The van der Waals surface area contributed by atoms with E-state index in [1.54, 1.807) is 6.07 Å². The minimum absolute atomic E-state index is 0. The number of benzene rings is 2. The molecule has 0 saturated heterocycles. The Bertz CT molecular complexity index is 958. The number of rotatable bonds is 7. The molecule has 8 heteroatoms. The molecule has 6 nitrogen and oxygen atoms in total. The van der Waals surface area contributed by atoms with Crippen molar-refractivity contribution in [3.05, 3.63) is 66.1 Å². The van der Waals surface area contributed by atoms with E-state index in [0.717, 1.165) is 22.2 Å². The monoisotopic (exact) mass is 509 g/mol. The number of amides is 1. The van der Waals surface area contributed by atoms with Crippen LogP contribution in [-0.4, -0.2) is 36.5 Å². The Hall–Kier alpha value is -2.62. The van der Waals surface area contributed by atoms with Crippen molar-refractivity contribution < 1.29 is 9.18 Å². The van der Waals surface area contributed by atoms with Gasteiger partial charge in [-0.3, -0.25) is 4.79 Å². The van der Waals surface area contributed by atoms with Gasteiger partial charge in [-0.1, -0.05) is 18.2 Å². The van der Waals surface area contributed by atoms with Crippen LogP contribution >= 0.6 is 24.0 Å². The maximum atomic E-state index is 13.5. The van der Waals surface area contributed by atoms with Gasteiger partial charge in [0.2, 0.25) is 5.91 Å². The van der Waals surface area contributed by atoms with Crippen LogP contribution in [0.25, 0.3) is 10.9 Å². The quantitative estimate of drug-likeness (QED) is 0.223. The van der Waals surface area contributed by atoms with Gasteiger partial charge in [0, 0.05) is 35.9 Å². The molecule has 0 aliphatic rings. The number of fused-ring (bicyclic) bond motifs is 1. The number of guanidine groups is 1. The molecule has 0 aliphatic heterocycles. The van der Waals surface area contributed by atoms with Gasteiger partial charge in [0.05, 0.1) is 0 Å². The predicted octanol–water partition coefficient (Wildman–Crippen LogP) is 3.66. The number of hydrogen-bond donors (Lipinski definition) is 4. The Morgan fingerprint density at radius 2 is 1.93 bits per heavy atom. The van der Waals surface area contributed by atoms with Gasteiger partial charge in [-0.15, -0.1) is 24.0 Å². The molecule has 3 aromatic rings. The van der Waals surface area contributed by atoms with Gasteiger partial charge in [-0.25, -0.2) is 9.38 Å². The van der Waals surface area contributed by atoms with E-state index in [-0.39, 0.29) is 42.2 Å². The molecule has 154 valence electrons. The minimum Gasteiger partial charge on any atom is -0.361 e. The molecule has 0 aliphatic carbocycles. The van der Waals surface area contributed by atoms with Crippen molar-refractivity contribution in [1.29, 1.82) is 0 Å². The molecule has 0 saturated carbocycles. The van der Waals surface area contributed by atoms with Crippen LogP contribution in [0.1, 0.15) is 12.5 Å². The lowest BCUT2D eigenvalue weighted by atomic mass is 10.1. The third-order valence-corrected chi connectivity index (χ3v) is 4.20. The first-order chi connectivity index (χ1) is 13.7. The van der Waals surface area contributed by atoms with Crippen LogP contribution < -0.4 is 16.0 Å². The Morgan fingerprint density at radius 3 is 2.69 bits per heavy atom. The number of carbonyl (C=O) groups is 1. The number of halogens is 2. The summed E-state index contributed by atoms with van der Waals surface area (Å²) < 4.78 is 13.5. The van der Waals surface area contributed by atoms with E-state index in [4.69, 9.17) is 0 Å². The maximum Gasteiger partial charge on any atom is 0.246 e. The topological polar surface area (TPSA) is 81.3 Å². The average molecular weight is 509 g/mol. The average Bonchev–Trinajstić information content (AvgIpc) is 3.09. The summed E-state index contributed by atoms with van der Waals surface area (Å²) in [5.74, 6) is 0.132. The number of carbonyl (C=O) groups excluding carboxylic acids is 1. The summed E-state index contributed by atoms with van der Waals surface area (Å²) in [6, 6.07) is 14.0. The van der Waals surface area contributed by atoms with Crippen molar-refractivity contribution in [2.24, 2.45) is 4.99 Å². The van der Waals surface area contributed by atoms with Crippen molar-refractivity contribution in [1.82, 2.24) is 15.6 Å². The number of nitrogens with one attached hydrogen (secondary N) is 4. The van der Waals surface area contributed by atoms with E-state index in [1.165, 1.54) is 12.1 Å². The van der Waals surface area contributed by atoms with E-state index >= 15 is 0 Å². The van der Waals surface area contributed by atoms with Gasteiger partial charge >= 0.3 is 0 Å². The van der Waals surface area contributed by atoms with Crippen LogP contribution in [0.15, 0.2) is 59.7 Å². The molecule has 1 amide bonds. The molecule has 1 aromatic heterocycles. The summed E-state index contributed by atoms with van der Waals surface area (Å²) in [6.45, 7) is 3.27. The molecule has 1 heterocycles. The lowest BCUT2D eigenvalue weighted by molar-refractivity contribution is -0.114. The smallest absolute Gasteiger partial charge is 0.246 e. The zero-order valence-corrected chi connectivity index (χ0v) is 18.5. The molecule has 4 N–H and O–H groups in total.